The van der Waals surface area contributed by atoms with Crippen molar-refractivity contribution in [1.29, 1.82) is 0 Å². The van der Waals surface area contributed by atoms with Crippen LogP contribution in [-0.4, -0.2) is 25.0 Å². The zero-order chi connectivity index (χ0) is 13.4. The number of benzene rings is 1. The Morgan fingerprint density at radius 2 is 1.95 bits per heavy atom. The predicted octanol–water partition coefficient (Wildman–Crippen LogP) is 2.77. The molecule has 0 fully saturated rings. The van der Waals surface area contributed by atoms with E-state index in [1.807, 2.05) is 6.92 Å². The quantitative estimate of drug-likeness (QED) is 0.707. The first-order valence-electron chi connectivity index (χ1n) is 5.61. The molecule has 1 aromatic carbocycles. The van der Waals surface area contributed by atoms with Gasteiger partial charge in [0.25, 0.3) is 0 Å². The highest BCUT2D eigenvalue weighted by Gasteiger charge is 2.12. The Hall–Kier alpha value is -2.28. The average molecular weight is 275 g/mol. The second-order valence-corrected chi connectivity index (χ2v) is 4.43. The SMILES string of the molecule is Cc1c(-c2nc(=S)[nH][nH]2)cnn1-c1ccc(F)cc1. The molecule has 2 aromatic heterocycles. The summed E-state index contributed by atoms with van der Waals surface area (Å²) in [5, 5.41) is 9.91. The number of aromatic amines is 2. The van der Waals surface area contributed by atoms with E-state index in [1.54, 1.807) is 23.0 Å². The molecule has 0 aliphatic carbocycles. The van der Waals surface area contributed by atoms with Crippen LogP contribution in [0.5, 0.6) is 0 Å². The van der Waals surface area contributed by atoms with Crippen molar-refractivity contribution in [2.24, 2.45) is 0 Å². The van der Waals surface area contributed by atoms with Gasteiger partial charge in [-0.15, -0.1) is 0 Å². The highest BCUT2D eigenvalue weighted by Crippen LogP contribution is 2.21. The molecule has 7 heteroatoms. The van der Waals surface area contributed by atoms with E-state index in [1.165, 1.54) is 12.1 Å². The Balaban J connectivity index is 2.08. The van der Waals surface area contributed by atoms with Crippen molar-refractivity contribution in [1.82, 2.24) is 25.0 Å². The molecule has 2 N–H and O–H groups in total. The smallest absolute Gasteiger partial charge is 0.213 e. The van der Waals surface area contributed by atoms with Crippen molar-refractivity contribution in [3.63, 3.8) is 0 Å². The highest BCUT2D eigenvalue weighted by molar-refractivity contribution is 7.71. The summed E-state index contributed by atoms with van der Waals surface area (Å²) in [4.78, 5) is 4.15. The lowest BCUT2D eigenvalue weighted by atomic mass is 10.2. The third-order valence-corrected chi connectivity index (χ3v) is 3.03. The predicted molar refractivity (Wildman–Crippen MR) is 71.0 cm³/mol. The standard InChI is InChI=1S/C12H10FN5S/c1-7-10(11-15-12(19)17-16-11)6-14-18(7)9-4-2-8(13)3-5-9/h2-6H,1H3,(H2,15,16,17,19). The molecule has 96 valence electrons. The Morgan fingerprint density at radius 1 is 1.21 bits per heavy atom. The molecule has 0 aliphatic heterocycles. The topological polar surface area (TPSA) is 62.3 Å². The molecular formula is C12H10FN5S. The van der Waals surface area contributed by atoms with Crippen LogP contribution < -0.4 is 0 Å². The number of aromatic nitrogens is 5. The van der Waals surface area contributed by atoms with E-state index in [0.29, 0.717) is 10.6 Å². The number of nitrogens with one attached hydrogen (secondary N) is 2. The average Bonchev–Trinajstić information content (AvgIpc) is 2.97. The first-order chi connectivity index (χ1) is 9.15. The fraction of sp³-hybridized carbons (Fsp3) is 0.0833. The molecule has 0 bridgehead atoms. The van der Waals surface area contributed by atoms with Crippen LogP contribution in [0.1, 0.15) is 5.69 Å². The van der Waals surface area contributed by atoms with Crippen LogP contribution in [0.2, 0.25) is 0 Å². The van der Waals surface area contributed by atoms with Crippen molar-refractivity contribution < 1.29 is 4.39 Å². The molecule has 3 aromatic rings. The lowest BCUT2D eigenvalue weighted by molar-refractivity contribution is 0.627. The molecule has 0 spiro atoms. The summed E-state index contributed by atoms with van der Waals surface area (Å²) < 4.78 is 15.0. The minimum Gasteiger partial charge on any atom is -0.282 e. The normalized spacial score (nSPS) is 10.8. The maximum atomic E-state index is 12.9. The van der Waals surface area contributed by atoms with Gasteiger partial charge in [0, 0.05) is 0 Å². The molecule has 19 heavy (non-hydrogen) atoms. The summed E-state index contributed by atoms with van der Waals surface area (Å²) in [6.45, 7) is 1.91. The van der Waals surface area contributed by atoms with E-state index < -0.39 is 0 Å². The van der Waals surface area contributed by atoms with Crippen molar-refractivity contribution >= 4 is 12.2 Å². The van der Waals surface area contributed by atoms with Gasteiger partial charge in [-0.2, -0.15) is 10.1 Å². The molecule has 0 radical (unpaired) electrons. The van der Waals surface area contributed by atoms with Crippen LogP contribution in [0.25, 0.3) is 17.1 Å². The maximum Gasteiger partial charge on any atom is 0.213 e. The highest BCUT2D eigenvalue weighted by atomic mass is 32.1. The number of hydrogen-bond acceptors (Lipinski definition) is 3. The Morgan fingerprint density at radius 3 is 2.58 bits per heavy atom. The van der Waals surface area contributed by atoms with E-state index in [2.05, 4.69) is 20.3 Å². The largest absolute Gasteiger partial charge is 0.282 e. The van der Waals surface area contributed by atoms with E-state index in [-0.39, 0.29) is 5.82 Å². The Bertz CT molecular complexity index is 768. The van der Waals surface area contributed by atoms with Crippen LogP contribution >= 0.6 is 12.2 Å². The second kappa shape index (κ2) is 4.43. The molecular weight excluding hydrogens is 265 g/mol. The second-order valence-electron chi connectivity index (χ2n) is 4.05. The first kappa shape index (κ1) is 11.8. The summed E-state index contributed by atoms with van der Waals surface area (Å²) in [5.74, 6) is 0.362. The van der Waals surface area contributed by atoms with Crippen LogP contribution in [-0.2, 0) is 0 Å². The van der Waals surface area contributed by atoms with Gasteiger partial charge >= 0.3 is 0 Å². The summed E-state index contributed by atoms with van der Waals surface area (Å²) in [6.07, 6.45) is 1.69. The van der Waals surface area contributed by atoms with Gasteiger partial charge in [-0.3, -0.25) is 10.2 Å². The number of rotatable bonds is 2. The van der Waals surface area contributed by atoms with Gasteiger partial charge in [0.2, 0.25) is 4.77 Å². The van der Waals surface area contributed by atoms with Crippen LogP contribution in [0, 0.1) is 17.5 Å². The zero-order valence-electron chi connectivity index (χ0n) is 10.0. The number of hydrogen-bond donors (Lipinski definition) is 2. The lowest BCUT2D eigenvalue weighted by Gasteiger charge is -2.04. The van der Waals surface area contributed by atoms with Gasteiger partial charge in [0.1, 0.15) is 5.82 Å². The van der Waals surface area contributed by atoms with E-state index in [4.69, 9.17) is 12.2 Å². The molecule has 0 aliphatic rings. The van der Waals surface area contributed by atoms with Gasteiger partial charge in [-0.05, 0) is 43.4 Å². The number of H-pyrrole nitrogens is 2. The third-order valence-electron chi connectivity index (χ3n) is 2.84. The minimum absolute atomic E-state index is 0.273. The molecule has 2 heterocycles. The molecule has 0 unspecified atom stereocenters. The fourth-order valence-corrected chi connectivity index (χ4v) is 2.02. The lowest BCUT2D eigenvalue weighted by Crippen LogP contribution is -1.99. The van der Waals surface area contributed by atoms with Crippen molar-refractivity contribution in [3.05, 3.63) is 46.7 Å². The van der Waals surface area contributed by atoms with Gasteiger partial charge in [-0.25, -0.2) is 9.07 Å². The molecule has 5 nitrogen and oxygen atoms in total. The van der Waals surface area contributed by atoms with Gasteiger partial charge in [-0.1, -0.05) is 0 Å². The first-order valence-corrected chi connectivity index (χ1v) is 6.01. The summed E-state index contributed by atoms with van der Waals surface area (Å²) in [5.41, 5.74) is 2.53. The molecule has 0 saturated heterocycles. The van der Waals surface area contributed by atoms with E-state index in [9.17, 15) is 4.39 Å². The maximum absolute atomic E-state index is 12.9. The fourth-order valence-electron chi connectivity index (χ4n) is 1.88. The summed E-state index contributed by atoms with van der Waals surface area (Å²) in [6, 6.07) is 6.15. The van der Waals surface area contributed by atoms with E-state index >= 15 is 0 Å². The minimum atomic E-state index is -0.273. The molecule has 3 rings (SSSR count). The summed E-state index contributed by atoms with van der Waals surface area (Å²) in [7, 11) is 0. The molecule has 0 atom stereocenters. The Labute approximate surface area is 113 Å². The van der Waals surface area contributed by atoms with Crippen LogP contribution in [0.15, 0.2) is 30.5 Å². The number of halogens is 1. The monoisotopic (exact) mass is 275 g/mol. The van der Waals surface area contributed by atoms with Crippen molar-refractivity contribution in [2.75, 3.05) is 0 Å². The van der Waals surface area contributed by atoms with Crippen LogP contribution in [0.3, 0.4) is 0 Å². The molecule has 0 saturated carbocycles. The van der Waals surface area contributed by atoms with Crippen molar-refractivity contribution in [2.45, 2.75) is 6.92 Å². The van der Waals surface area contributed by atoms with Gasteiger partial charge < -0.3 is 0 Å². The van der Waals surface area contributed by atoms with Crippen molar-refractivity contribution in [3.8, 4) is 17.1 Å². The van der Waals surface area contributed by atoms with Gasteiger partial charge in [0.15, 0.2) is 5.82 Å². The van der Waals surface area contributed by atoms with Gasteiger partial charge in [0.05, 0.1) is 23.1 Å². The molecule has 0 amide bonds. The zero-order valence-corrected chi connectivity index (χ0v) is 10.8. The van der Waals surface area contributed by atoms with Crippen LogP contribution in [0.4, 0.5) is 4.39 Å². The summed E-state index contributed by atoms with van der Waals surface area (Å²) >= 11 is 4.92. The Kier molecular flexibility index (Phi) is 2.75. The number of nitrogens with zero attached hydrogens (tertiary/aromatic N) is 3. The van der Waals surface area contributed by atoms with E-state index in [0.717, 1.165) is 16.9 Å². The third kappa shape index (κ3) is 2.08.